The predicted molar refractivity (Wildman–Crippen MR) is 83.1 cm³/mol. The van der Waals surface area contributed by atoms with Crippen molar-refractivity contribution in [2.45, 2.75) is 37.6 Å². The van der Waals surface area contributed by atoms with Crippen LogP contribution in [0, 0.1) is 23.0 Å². The summed E-state index contributed by atoms with van der Waals surface area (Å²) >= 11 is 0. The van der Waals surface area contributed by atoms with Crippen molar-refractivity contribution in [1.29, 1.82) is 0 Å². The molecule has 0 spiro atoms. The molecule has 1 saturated heterocycles. The number of non-ortho nitro benzene ring substituents is 1. The molecule has 1 fully saturated rings. The van der Waals surface area contributed by atoms with Crippen molar-refractivity contribution in [3.8, 4) is 0 Å². The summed E-state index contributed by atoms with van der Waals surface area (Å²) in [5, 5.41) is 10.9. The Morgan fingerprint density at radius 2 is 2.04 bits per heavy atom. The first-order chi connectivity index (χ1) is 10.6. The maximum absolute atomic E-state index is 12.9. The van der Waals surface area contributed by atoms with Gasteiger partial charge in [-0.15, -0.1) is 0 Å². The molecule has 1 aliphatic heterocycles. The number of nitro benzene ring substituents is 1. The van der Waals surface area contributed by atoms with Gasteiger partial charge in [0.05, 0.1) is 15.7 Å². The highest BCUT2D eigenvalue weighted by Gasteiger charge is 2.37. The molecule has 1 amide bonds. The highest BCUT2D eigenvalue weighted by molar-refractivity contribution is 7.89. The fourth-order valence-corrected chi connectivity index (χ4v) is 4.70. The van der Waals surface area contributed by atoms with Gasteiger partial charge >= 0.3 is 0 Å². The Hall–Kier alpha value is -2.00. The Morgan fingerprint density at radius 3 is 2.61 bits per heavy atom. The molecule has 0 radical (unpaired) electrons. The smallest absolute Gasteiger partial charge is 0.270 e. The topological polar surface area (TPSA) is 124 Å². The molecule has 9 heteroatoms. The van der Waals surface area contributed by atoms with Crippen molar-refractivity contribution in [3.05, 3.63) is 33.9 Å². The third-order valence-electron chi connectivity index (χ3n) is 4.20. The minimum Gasteiger partial charge on any atom is -0.369 e. The molecule has 23 heavy (non-hydrogen) atoms. The van der Waals surface area contributed by atoms with E-state index in [-0.39, 0.29) is 23.2 Å². The van der Waals surface area contributed by atoms with Crippen LogP contribution in [0.3, 0.4) is 0 Å². The molecule has 1 aromatic rings. The molecule has 0 saturated carbocycles. The molecular weight excluding hydrogens is 322 g/mol. The zero-order chi connectivity index (χ0) is 17.4. The first-order valence-electron chi connectivity index (χ1n) is 7.20. The fraction of sp³-hybridized carbons (Fsp3) is 0.500. The number of sulfonamides is 1. The number of rotatable bonds is 4. The van der Waals surface area contributed by atoms with E-state index in [0.717, 1.165) is 6.07 Å². The number of nitrogens with zero attached hydrogens (tertiary/aromatic N) is 2. The van der Waals surface area contributed by atoms with Gasteiger partial charge < -0.3 is 5.73 Å². The van der Waals surface area contributed by atoms with E-state index in [9.17, 15) is 23.3 Å². The summed E-state index contributed by atoms with van der Waals surface area (Å²) in [5.74, 6) is -1.08. The molecule has 1 heterocycles. The molecule has 0 bridgehead atoms. The average Bonchev–Trinajstić information content (AvgIpc) is 2.47. The highest BCUT2D eigenvalue weighted by atomic mass is 32.2. The van der Waals surface area contributed by atoms with Crippen LogP contribution in [-0.4, -0.2) is 36.1 Å². The van der Waals surface area contributed by atoms with Crippen molar-refractivity contribution < 1.29 is 18.1 Å². The molecule has 2 atom stereocenters. The Morgan fingerprint density at radius 1 is 1.39 bits per heavy atom. The first kappa shape index (κ1) is 17.4. The molecule has 2 rings (SSSR count). The van der Waals surface area contributed by atoms with Gasteiger partial charge in [0.15, 0.2) is 0 Å². The minimum atomic E-state index is -3.94. The number of carbonyl (C=O) groups is 1. The summed E-state index contributed by atoms with van der Waals surface area (Å²) < 4.78 is 27.0. The maximum Gasteiger partial charge on any atom is 0.270 e. The number of piperidine rings is 1. The molecule has 126 valence electrons. The third-order valence-corrected chi connectivity index (χ3v) is 6.32. The second-order valence-corrected chi connectivity index (χ2v) is 7.67. The summed E-state index contributed by atoms with van der Waals surface area (Å²) in [6.07, 6.45) is 1.05. The maximum atomic E-state index is 12.9. The zero-order valence-electron chi connectivity index (χ0n) is 12.9. The number of amides is 1. The van der Waals surface area contributed by atoms with E-state index >= 15 is 0 Å². The molecule has 2 N–H and O–H groups in total. The summed E-state index contributed by atoms with van der Waals surface area (Å²) in [4.78, 5) is 21.6. The predicted octanol–water partition coefficient (Wildman–Crippen LogP) is 1.18. The summed E-state index contributed by atoms with van der Waals surface area (Å²) in [7, 11) is -3.94. The van der Waals surface area contributed by atoms with Crippen LogP contribution in [0.5, 0.6) is 0 Å². The Kier molecular flexibility index (Phi) is 4.71. The van der Waals surface area contributed by atoms with Crippen molar-refractivity contribution in [3.63, 3.8) is 0 Å². The lowest BCUT2D eigenvalue weighted by molar-refractivity contribution is -0.385. The van der Waals surface area contributed by atoms with Crippen LogP contribution in [0.2, 0.25) is 0 Å². The number of nitrogens with two attached hydrogens (primary N) is 1. The van der Waals surface area contributed by atoms with Gasteiger partial charge in [-0.2, -0.15) is 4.31 Å². The van der Waals surface area contributed by atoms with Gasteiger partial charge in [0, 0.05) is 24.7 Å². The van der Waals surface area contributed by atoms with E-state index in [1.165, 1.54) is 16.4 Å². The van der Waals surface area contributed by atoms with Crippen LogP contribution >= 0.6 is 0 Å². The monoisotopic (exact) mass is 341 g/mol. The Labute approximate surface area is 134 Å². The van der Waals surface area contributed by atoms with Crippen LogP contribution in [0.4, 0.5) is 5.69 Å². The van der Waals surface area contributed by atoms with Crippen molar-refractivity contribution in [2.75, 3.05) is 6.54 Å². The Balaban J connectivity index is 2.46. The van der Waals surface area contributed by atoms with E-state index in [1.807, 2.05) is 0 Å². The lowest BCUT2D eigenvalue weighted by Gasteiger charge is -2.36. The number of primary amides is 1. The lowest BCUT2D eigenvalue weighted by atomic mass is 9.95. The van der Waals surface area contributed by atoms with Gasteiger partial charge in [0.25, 0.3) is 5.69 Å². The van der Waals surface area contributed by atoms with Gasteiger partial charge in [-0.05, 0) is 32.3 Å². The molecule has 0 aromatic heterocycles. The van der Waals surface area contributed by atoms with Crippen LogP contribution in [0.1, 0.15) is 25.3 Å². The molecule has 8 nitrogen and oxygen atoms in total. The van der Waals surface area contributed by atoms with Gasteiger partial charge in [-0.25, -0.2) is 8.42 Å². The number of hydrogen-bond donors (Lipinski definition) is 1. The fourth-order valence-electron chi connectivity index (χ4n) is 2.75. The number of benzene rings is 1. The van der Waals surface area contributed by atoms with Gasteiger partial charge in [0.2, 0.25) is 15.9 Å². The van der Waals surface area contributed by atoms with Gasteiger partial charge in [-0.3, -0.25) is 14.9 Å². The summed E-state index contributed by atoms with van der Waals surface area (Å²) in [6.45, 7) is 3.33. The van der Waals surface area contributed by atoms with Crippen LogP contribution in [-0.2, 0) is 14.8 Å². The zero-order valence-corrected chi connectivity index (χ0v) is 13.7. The normalized spacial score (nSPS) is 22.7. The third kappa shape index (κ3) is 3.35. The van der Waals surface area contributed by atoms with Crippen molar-refractivity contribution >= 4 is 21.6 Å². The summed E-state index contributed by atoms with van der Waals surface area (Å²) in [6, 6.07) is 3.44. The van der Waals surface area contributed by atoms with Crippen molar-refractivity contribution in [2.24, 2.45) is 11.7 Å². The quantitative estimate of drug-likeness (QED) is 0.650. The number of carbonyl (C=O) groups excluding carboxylic acids is 1. The van der Waals surface area contributed by atoms with E-state index in [2.05, 4.69) is 0 Å². The first-order valence-corrected chi connectivity index (χ1v) is 8.64. The SMILES string of the molecule is Cc1ccc([N+](=O)[O-])cc1S(=O)(=O)N1C[C@H](C(N)=O)CC[C@H]1C. The molecule has 1 aliphatic rings. The molecular formula is C14H19N3O5S. The second-order valence-electron chi connectivity index (χ2n) is 5.81. The largest absolute Gasteiger partial charge is 0.369 e. The number of hydrogen-bond acceptors (Lipinski definition) is 5. The number of nitro groups is 1. The Bertz CT molecular complexity index is 747. The van der Waals surface area contributed by atoms with E-state index in [4.69, 9.17) is 5.73 Å². The standard InChI is InChI=1S/C14H19N3O5S/c1-9-3-6-12(17(19)20)7-13(9)23(21,22)16-8-11(14(15)18)5-4-10(16)2/h3,6-7,10-11H,4-5,8H2,1-2H3,(H2,15,18)/t10-,11-/m1/s1. The minimum absolute atomic E-state index is 0.000958. The van der Waals surface area contributed by atoms with E-state index in [1.54, 1.807) is 13.8 Å². The van der Waals surface area contributed by atoms with Gasteiger partial charge in [0.1, 0.15) is 0 Å². The van der Waals surface area contributed by atoms with Crippen LogP contribution in [0.15, 0.2) is 23.1 Å². The molecule has 1 aromatic carbocycles. The molecule has 0 aliphatic carbocycles. The van der Waals surface area contributed by atoms with Crippen molar-refractivity contribution in [1.82, 2.24) is 4.31 Å². The number of aryl methyl sites for hydroxylation is 1. The van der Waals surface area contributed by atoms with Gasteiger partial charge in [-0.1, -0.05) is 6.07 Å². The lowest BCUT2D eigenvalue weighted by Crippen LogP contribution is -2.48. The van der Waals surface area contributed by atoms with E-state index < -0.39 is 26.8 Å². The summed E-state index contributed by atoms with van der Waals surface area (Å²) in [5.41, 5.74) is 5.43. The van der Waals surface area contributed by atoms with E-state index in [0.29, 0.717) is 18.4 Å². The second kappa shape index (κ2) is 6.25. The average molecular weight is 341 g/mol. The van der Waals surface area contributed by atoms with Crippen LogP contribution in [0.25, 0.3) is 0 Å². The highest BCUT2D eigenvalue weighted by Crippen LogP contribution is 2.31. The molecule has 0 unspecified atom stereocenters. The van der Waals surface area contributed by atoms with Crippen LogP contribution < -0.4 is 5.73 Å².